The van der Waals surface area contributed by atoms with Gasteiger partial charge in [0.15, 0.2) is 0 Å². The zero-order chi connectivity index (χ0) is 24.7. The van der Waals surface area contributed by atoms with Crippen molar-refractivity contribution in [2.24, 2.45) is 23.0 Å². The maximum atomic E-state index is 13.2. The number of amides is 2. The highest BCUT2D eigenvalue weighted by Crippen LogP contribution is 2.43. The zero-order valence-electron chi connectivity index (χ0n) is 21.4. The van der Waals surface area contributed by atoms with Gasteiger partial charge in [-0.05, 0) is 75.0 Å². The quantitative estimate of drug-likeness (QED) is 0.417. The van der Waals surface area contributed by atoms with Gasteiger partial charge >= 0.3 is 6.09 Å². The van der Waals surface area contributed by atoms with Crippen LogP contribution in [0.25, 0.3) is 0 Å². The summed E-state index contributed by atoms with van der Waals surface area (Å²) in [5, 5.41) is 6.31. The highest BCUT2D eigenvalue weighted by Gasteiger charge is 2.45. The lowest BCUT2D eigenvalue weighted by Gasteiger charge is -2.43. The van der Waals surface area contributed by atoms with Gasteiger partial charge in [0.25, 0.3) is 0 Å². The molecule has 1 aliphatic heterocycles. The predicted octanol–water partition coefficient (Wildman–Crippen LogP) is 4.13. The van der Waals surface area contributed by atoms with Crippen LogP contribution in [-0.4, -0.2) is 59.7 Å². The van der Waals surface area contributed by atoms with Crippen LogP contribution >= 0.6 is 12.2 Å². The molecule has 0 aromatic rings. The molecule has 4 N–H and O–H groups in total. The monoisotopic (exact) mass is 494 g/mol. The van der Waals surface area contributed by atoms with Gasteiger partial charge in [-0.1, -0.05) is 45.8 Å². The first-order valence-corrected chi connectivity index (χ1v) is 13.9. The van der Waals surface area contributed by atoms with E-state index in [0.717, 1.165) is 64.3 Å². The third-order valence-corrected chi connectivity index (χ3v) is 8.86. The normalized spacial score (nSPS) is 26.8. The molecule has 2 aliphatic carbocycles. The van der Waals surface area contributed by atoms with Crippen molar-refractivity contribution < 1.29 is 14.3 Å². The summed E-state index contributed by atoms with van der Waals surface area (Å²) in [6.07, 6.45) is 11.0. The molecular formula is C26H46N4O3S. The van der Waals surface area contributed by atoms with Crippen LogP contribution in [0, 0.1) is 17.3 Å². The van der Waals surface area contributed by atoms with Crippen LogP contribution in [0.5, 0.6) is 0 Å². The number of alkyl carbamates (subject to hydrolysis) is 1. The molecule has 1 heterocycles. The van der Waals surface area contributed by atoms with Gasteiger partial charge in [-0.3, -0.25) is 4.79 Å². The standard InChI is InChI=1S/C26H46N4O3S/c1-4-16-33-25(32)29-22(26(2,3)19-8-5-6-9-19)24(34)30-15-7-10-21(30)23(31)28-17-18-11-13-20(27)14-12-18/h18-22H,4-17,27H2,1-3H3,(H,28,31)(H,29,32)/t18?,20?,21-,22+/m0/s1. The Bertz CT molecular complexity index is 702. The van der Waals surface area contributed by atoms with Crippen molar-refractivity contribution in [3.05, 3.63) is 0 Å². The Hall–Kier alpha value is -1.41. The molecule has 0 bridgehead atoms. The second-order valence-electron chi connectivity index (χ2n) is 11.2. The Morgan fingerprint density at radius 1 is 1.09 bits per heavy atom. The maximum absolute atomic E-state index is 13.2. The molecule has 194 valence electrons. The fourth-order valence-corrected chi connectivity index (χ4v) is 6.63. The van der Waals surface area contributed by atoms with Gasteiger partial charge in [0.1, 0.15) is 11.0 Å². The highest BCUT2D eigenvalue weighted by molar-refractivity contribution is 7.80. The molecule has 0 unspecified atom stereocenters. The first-order chi connectivity index (χ1) is 16.2. The van der Waals surface area contributed by atoms with Crippen LogP contribution in [0.2, 0.25) is 0 Å². The molecular weight excluding hydrogens is 448 g/mol. The summed E-state index contributed by atoms with van der Waals surface area (Å²) in [5.74, 6) is 1.05. The highest BCUT2D eigenvalue weighted by atomic mass is 32.1. The molecule has 3 rings (SSSR count). The smallest absolute Gasteiger partial charge is 0.407 e. The fraction of sp³-hybridized carbons (Fsp3) is 0.885. The van der Waals surface area contributed by atoms with E-state index < -0.39 is 6.09 Å². The number of carbonyl (C=O) groups excluding carboxylic acids is 2. The molecule has 3 fully saturated rings. The average Bonchev–Trinajstić information content (AvgIpc) is 3.53. The summed E-state index contributed by atoms with van der Waals surface area (Å²) in [4.78, 5) is 28.6. The summed E-state index contributed by atoms with van der Waals surface area (Å²) < 4.78 is 5.36. The zero-order valence-corrected chi connectivity index (χ0v) is 22.3. The van der Waals surface area contributed by atoms with Crippen molar-refractivity contribution in [2.45, 2.75) is 110 Å². The van der Waals surface area contributed by atoms with E-state index in [2.05, 4.69) is 29.4 Å². The van der Waals surface area contributed by atoms with Gasteiger partial charge in [0.2, 0.25) is 5.91 Å². The minimum Gasteiger partial charge on any atom is -0.450 e. The Balaban J connectivity index is 1.67. The molecule has 0 spiro atoms. The topological polar surface area (TPSA) is 96.7 Å². The van der Waals surface area contributed by atoms with Gasteiger partial charge in [-0.25, -0.2) is 4.79 Å². The molecule has 8 heteroatoms. The first kappa shape index (κ1) is 27.2. The van der Waals surface area contributed by atoms with E-state index in [0.29, 0.717) is 36.0 Å². The molecule has 2 atom stereocenters. The molecule has 1 saturated heterocycles. The largest absolute Gasteiger partial charge is 0.450 e. The number of hydrogen-bond donors (Lipinski definition) is 3. The van der Waals surface area contributed by atoms with Crippen LogP contribution in [0.15, 0.2) is 0 Å². The van der Waals surface area contributed by atoms with Crippen molar-refractivity contribution >= 4 is 29.2 Å². The average molecular weight is 495 g/mol. The van der Waals surface area contributed by atoms with E-state index in [9.17, 15) is 9.59 Å². The van der Waals surface area contributed by atoms with Crippen molar-refractivity contribution in [3.8, 4) is 0 Å². The number of nitrogens with zero attached hydrogens (tertiary/aromatic N) is 1. The van der Waals surface area contributed by atoms with Gasteiger partial charge in [0.05, 0.1) is 12.6 Å². The number of rotatable bonds is 9. The van der Waals surface area contributed by atoms with E-state index >= 15 is 0 Å². The van der Waals surface area contributed by atoms with Gasteiger partial charge in [-0.15, -0.1) is 0 Å². The van der Waals surface area contributed by atoms with Gasteiger partial charge in [-0.2, -0.15) is 0 Å². The number of ether oxygens (including phenoxy) is 1. The molecule has 0 aromatic heterocycles. The van der Waals surface area contributed by atoms with Crippen LogP contribution in [0.3, 0.4) is 0 Å². The lowest BCUT2D eigenvalue weighted by Crippen LogP contribution is -2.59. The number of carbonyl (C=O) groups is 2. The second kappa shape index (κ2) is 12.5. The van der Waals surface area contributed by atoms with E-state index in [-0.39, 0.29) is 23.4 Å². The lowest BCUT2D eigenvalue weighted by atomic mass is 9.71. The summed E-state index contributed by atoms with van der Waals surface area (Å²) in [6, 6.07) is -0.303. The Labute approximate surface area is 211 Å². The third kappa shape index (κ3) is 6.84. The fourth-order valence-electron chi connectivity index (χ4n) is 6.05. The molecule has 3 aliphatic rings. The Kier molecular flexibility index (Phi) is 10.0. The van der Waals surface area contributed by atoms with E-state index in [1.807, 2.05) is 6.92 Å². The van der Waals surface area contributed by atoms with Crippen molar-refractivity contribution in [1.82, 2.24) is 15.5 Å². The minimum atomic E-state index is -0.420. The van der Waals surface area contributed by atoms with Crippen LogP contribution in [0.1, 0.15) is 91.4 Å². The van der Waals surface area contributed by atoms with Crippen LogP contribution in [0.4, 0.5) is 4.79 Å². The molecule has 2 amide bonds. The van der Waals surface area contributed by atoms with Crippen molar-refractivity contribution in [3.63, 3.8) is 0 Å². The Morgan fingerprint density at radius 2 is 1.76 bits per heavy atom. The number of nitrogens with two attached hydrogens (primary N) is 1. The molecule has 34 heavy (non-hydrogen) atoms. The SMILES string of the molecule is CCCOC(=O)N[C@H](C(=S)N1CCC[C@H]1C(=O)NCC1CCC(N)CC1)C(C)(C)C1CCCC1. The van der Waals surface area contributed by atoms with E-state index in [4.69, 9.17) is 22.7 Å². The number of thiocarbonyl (C=S) groups is 1. The van der Waals surface area contributed by atoms with Crippen LogP contribution in [-0.2, 0) is 9.53 Å². The molecule has 0 aromatic carbocycles. The number of likely N-dealkylation sites (tertiary alicyclic amines) is 1. The Morgan fingerprint density at radius 3 is 2.41 bits per heavy atom. The third-order valence-electron chi connectivity index (χ3n) is 8.39. The summed E-state index contributed by atoms with van der Waals surface area (Å²) in [7, 11) is 0. The van der Waals surface area contributed by atoms with Gasteiger partial charge in [0, 0.05) is 19.1 Å². The summed E-state index contributed by atoms with van der Waals surface area (Å²) in [6.45, 7) is 8.24. The lowest BCUT2D eigenvalue weighted by molar-refractivity contribution is -0.124. The maximum Gasteiger partial charge on any atom is 0.407 e. The summed E-state index contributed by atoms with van der Waals surface area (Å²) in [5.41, 5.74) is 5.81. The molecule has 2 saturated carbocycles. The predicted molar refractivity (Wildman–Crippen MR) is 140 cm³/mol. The molecule has 7 nitrogen and oxygen atoms in total. The number of nitrogens with one attached hydrogen (secondary N) is 2. The first-order valence-electron chi connectivity index (χ1n) is 13.5. The van der Waals surface area contributed by atoms with Crippen molar-refractivity contribution in [1.29, 1.82) is 0 Å². The second-order valence-corrected chi connectivity index (χ2v) is 11.6. The molecule has 0 radical (unpaired) electrons. The number of hydrogen-bond acceptors (Lipinski definition) is 5. The van der Waals surface area contributed by atoms with E-state index in [1.165, 1.54) is 12.8 Å². The summed E-state index contributed by atoms with van der Waals surface area (Å²) >= 11 is 6.03. The van der Waals surface area contributed by atoms with E-state index in [1.54, 1.807) is 0 Å². The van der Waals surface area contributed by atoms with Crippen LogP contribution < -0.4 is 16.4 Å². The minimum absolute atomic E-state index is 0.0562. The van der Waals surface area contributed by atoms with Gasteiger partial charge < -0.3 is 26.0 Å². The van der Waals surface area contributed by atoms with Crippen molar-refractivity contribution in [2.75, 3.05) is 19.7 Å².